The van der Waals surface area contributed by atoms with Crippen molar-refractivity contribution < 1.29 is 13.2 Å². The Morgan fingerprint density at radius 2 is 1.87 bits per heavy atom. The van der Waals surface area contributed by atoms with Crippen molar-refractivity contribution in [2.75, 3.05) is 6.54 Å². The molecule has 7 nitrogen and oxygen atoms in total. The number of fused-ring (bicyclic) bond motifs is 4. The fraction of sp³-hybridized carbons (Fsp3) is 0.500. The first-order chi connectivity index (χ1) is 14.2. The summed E-state index contributed by atoms with van der Waals surface area (Å²) in [5.74, 6) is -0.0198. The van der Waals surface area contributed by atoms with E-state index in [2.05, 4.69) is 14.7 Å². The van der Waals surface area contributed by atoms with E-state index >= 15 is 0 Å². The molecular formula is C22H28N4O3S. The van der Waals surface area contributed by atoms with Gasteiger partial charge in [0.2, 0.25) is 15.9 Å². The van der Waals surface area contributed by atoms with Gasteiger partial charge in [-0.1, -0.05) is 6.07 Å². The smallest absolute Gasteiger partial charge is 0.241 e. The minimum atomic E-state index is -3.69. The van der Waals surface area contributed by atoms with Crippen molar-refractivity contribution in [3.05, 3.63) is 52.1 Å². The number of aryl methyl sites for hydroxylation is 2. The highest BCUT2D eigenvalue weighted by Crippen LogP contribution is 2.42. The Morgan fingerprint density at radius 1 is 1.17 bits per heavy atom. The molecule has 4 rings (SSSR count). The lowest BCUT2D eigenvalue weighted by Gasteiger charge is -2.35. The van der Waals surface area contributed by atoms with E-state index in [0.717, 1.165) is 52.8 Å². The molecule has 160 valence electrons. The van der Waals surface area contributed by atoms with Crippen molar-refractivity contribution in [2.45, 2.75) is 70.4 Å². The number of sulfonamides is 1. The van der Waals surface area contributed by atoms with Crippen LogP contribution in [0.15, 0.2) is 23.5 Å². The summed E-state index contributed by atoms with van der Waals surface area (Å²) in [6.07, 6.45) is 6.10. The lowest BCUT2D eigenvalue weighted by atomic mass is 9.99. The zero-order valence-corrected chi connectivity index (χ0v) is 18.7. The van der Waals surface area contributed by atoms with E-state index in [9.17, 15) is 13.2 Å². The molecule has 8 heteroatoms. The second kappa shape index (κ2) is 7.74. The molecule has 0 spiro atoms. The number of amides is 1. The normalized spacial score (nSPS) is 20.3. The molecule has 2 aromatic rings. The summed E-state index contributed by atoms with van der Waals surface area (Å²) in [7, 11) is -3.69. The summed E-state index contributed by atoms with van der Waals surface area (Å²) in [6, 6.07) is 2.15. The predicted molar refractivity (Wildman–Crippen MR) is 114 cm³/mol. The molecule has 2 unspecified atom stereocenters. The lowest BCUT2D eigenvalue weighted by Crippen LogP contribution is -2.43. The Kier molecular flexibility index (Phi) is 5.40. The van der Waals surface area contributed by atoms with Crippen LogP contribution in [-0.4, -0.2) is 41.8 Å². The highest BCUT2D eigenvalue weighted by atomic mass is 32.2. The monoisotopic (exact) mass is 428 g/mol. The van der Waals surface area contributed by atoms with Crippen molar-refractivity contribution in [1.82, 2.24) is 19.6 Å². The fourth-order valence-corrected chi connectivity index (χ4v) is 6.52. The van der Waals surface area contributed by atoms with Crippen LogP contribution in [0.3, 0.4) is 0 Å². The summed E-state index contributed by atoms with van der Waals surface area (Å²) in [5.41, 5.74) is 5.45. The van der Waals surface area contributed by atoms with Gasteiger partial charge >= 0.3 is 0 Å². The first-order valence-electron chi connectivity index (χ1n) is 10.4. The molecule has 2 bridgehead atoms. The molecule has 1 N–H and O–H groups in total. The van der Waals surface area contributed by atoms with Gasteiger partial charge in [0.25, 0.3) is 0 Å². The highest BCUT2D eigenvalue weighted by Gasteiger charge is 2.42. The number of rotatable bonds is 5. The minimum Gasteiger partial charge on any atom is -0.332 e. The second-order valence-corrected chi connectivity index (χ2v) is 10.1. The third-order valence-corrected chi connectivity index (χ3v) is 8.34. The summed E-state index contributed by atoms with van der Waals surface area (Å²) in [6.45, 7) is 7.57. The second-order valence-electron chi connectivity index (χ2n) is 8.41. The molecule has 1 amide bonds. The number of carbonyl (C=O) groups excluding carboxylic acids is 1. The van der Waals surface area contributed by atoms with E-state index in [-0.39, 0.29) is 31.0 Å². The highest BCUT2D eigenvalue weighted by molar-refractivity contribution is 7.89. The van der Waals surface area contributed by atoms with Crippen LogP contribution in [0.5, 0.6) is 0 Å². The average molecular weight is 429 g/mol. The minimum absolute atomic E-state index is 0.00738. The third-order valence-electron chi connectivity index (χ3n) is 6.60. The van der Waals surface area contributed by atoms with Crippen LogP contribution >= 0.6 is 0 Å². The molecule has 2 aliphatic heterocycles. The number of benzene rings is 1. The molecule has 2 aliphatic rings. The van der Waals surface area contributed by atoms with Crippen LogP contribution in [0, 0.1) is 27.7 Å². The molecule has 1 fully saturated rings. The topological polar surface area (TPSA) is 92.3 Å². The van der Waals surface area contributed by atoms with E-state index in [1.165, 1.54) is 0 Å². The van der Waals surface area contributed by atoms with E-state index < -0.39 is 10.0 Å². The van der Waals surface area contributed by atoms with Crippen LogP contribution < -0.4 is 4.72 Å². The number of hydrogen-bond acceptors (Lipinski definition) is 5. The Labute approximate surface area is 178 Å². The lowest BCUT2D eigenvalue weighted by molar-refractivity contribution is -0.134. The fourth-order valence-electron chi connectivity index (χ4n) is 4.88. The molecule has 30 heavy (non-hydrogen) atoms. The summed E-state index contributed by atoms with van der Waals surface area (Å²) < 4.78 is 28.6. The van der Waals surface area contributed by atoms with Crippen molar-refractivity contribution in [2.24, 2.45) is 0 Å². The summed E-state index contributed by atoms with van der Waals surface area (Å²) in [5, 5.41) is 0. The maximum Gasteiger partial charge on any atom is 0.241 e. The van der Waals surface area contributed by atoms with Gasteiger partial charge in [-0.15, -0.1) is 0 Å². The molecule has 0 saturated carbocycles. The van der Waals surface area contributed by atoms with Crippen molar-refractivity contribution in [3.8, 4) is 0 Å². The van der Waals surface area contributed by atoms with Crippen molar-refractivity contribution >= 4 is 15.9 Å². The van der Waals surface area contributed by atoms with Crippen LogP contribution in [0.2, 0.25) is 0 Å². The van der Waals surface area contributed by atoms with E-state index in [0.29, 0.717) is 4.90 Å². The first-order valence-corrected chi connectivity index (χ1v) is 11.9. The molecule has 0 aliphatic carbocycles. The summed E-state index contributed by atoms with van der Waals surface area (Å²) in [4.78, 5) is 23.7. The summed E-state index contributed by atoms with van der Waals surface area (Å²) >= 11 is 0. The molecule has 3 heterocycles. The quantitative estimate of drug-likeness (QED) is 0.790. The number of hydrogen-bond donors (Lipinski definition) is 1. The van der Waals surface area contributed by atoms with Gasteiger partial charge < -0.3 is 4.90 Å². The van der Waals surface area contributed by atoms with Gasteiger partial charge in [-0.05, 0) is 62.8 Å². The first kappa shape index (κ1) is 20.9. The van der Waals surface area contributed by atoms with Gasteiger partial charge in [-0.2, -0.15) is 0 Å². The molecule has 0 radical (unpaired) electrons. The molecule has 1 saturated heterocycles. The number of nitrogens with one attached hydrogen (secondary N) is 1. The largest absolute Gasteiger partial charge is 0.332 e. The van der Waals surface area contributed by atoms with E-state index in [4.69, 9.17) is 0 Å². The van der Waals surface area contributed by atoms with Gasteiger partial charge in [0.05, 0.1) is 16.6 Å². The maximum atomic E-state index is 13.0. The Morgan fingerprint density at radius 3 is 2.57 bits per heavy atom. The van der Waals surface area contributed by atoms with Crippen molar-refractivity contribution in [1.29, 1.82) is 0 Å². The van der Waals surface area contributed by atoms with Gasteiger partial charge in [0, 0.05) is 37.2 Å². The average Bonchev–Trinajstić information content (AvgIpc) is 3.01. The van der Waals surface area contributed by atoms with Crippen LogP contribution in [-0.2, 0) is 21.2 Å². The zero-order valence-electron chi connectivity index (χ0n) is 17.9. The van der Waals surface area contributed by atoms with Gasteiger partial charge in [0.15, 0.2) is 0 Å². The zero-order chi connectivity index (χ0) is 21.6. The number of nitrogens with zero attached hydrogens (tertiary/aromatic N) is 3. The van der Waals surface area contributed by atoms with Crippen molar-refractivity contribution in [3.63, 3.8) is 0 Å². The maximum absolute atomic E-state index is 13.0. The van der Waals surface area contributed by atoms with E-state index in [1.54, 1.807) is 6.33 Å². The van der Waals surface area contributed by atoms with Gasteiger partial charge in [-0.25, -0.2) is 23.1 Å². The van der Waals surface area contributed by atoms with Crippen LogP contribution in [0.25, 0.3) is 0 Å². The van der Waals surface area contributed by atoms with Crippen LogP contribution in [0.4, 0.5) is 0 Å². The van der Waals surface area contributed by atoms with Gasteiger partial charge in [0.1, 0.15) is 6.33 Å². The SMILES string of the molecule is Cc1cc(C)c(C)c(S(=O)(=O)NCCC(=O)N2C3CCC2c2cncnc2C3)c1C. The number of aromatic nitrogens is 2. The third kappa shape index (κ3) is 3.52. The predicted octanol–water partition coefficient (Wildman–Crippen LogP) is 2.67. The molecule has 1 aromatic heterocycles. The Balaban J connectivity index is 1.46. The van der Waals surface area contributed by atoms with E-state index in [1.807, 2.05) is 44.9 Å². The Hall–Kier alpha value is -2.32. The molecule has 2 atom stereocenters. The standard InChI is InChI=1S/C22H28N4O3S/c1-13-9-14(2)16(4)22(15(13)3)30(28,29)25-8-7-21(27)26-17-5-6-20(26)18-11-23-12-24-19(18)10-17/h9,11-12,17,20,25H,5-8,10H2,1-4H3. The molecular weight excluding hydrogens is 400 g/mol. The van der Waals surface area contributed by atoms with Gasteiger partial charge in [-0.3, -0.25) is 4.79 Å². The Bertz CT molecular complexity index is 1090. The molecule has 1 aromatic carbocycles. The van der Waals surface area contributed by atoms with Crippen LogP contribution in [0.1, 0.15) is 58.8 Å². The number of carbonyl (C=O) groups is 1.